The van der Waals surface area contributed by atoms with Crippen LogP contribution in [0.15, 0.2) is 72.9 Å². The van der Waals surface area contributed by atoms with Crippen molar-refractivity contribution < 1.29 is 4.74 Å². The minimum absolute atomic E-state index is 0.275. The number of rotatable bonds is 6. The van der Waals surface area contributed by atoms with Crippen molar-refractivity contribution in [3.8, 4) is 0 Å². The number of benzene rings is 2. The van der Waals surface area contributed by atoms with E-state index in [1.54, 1.807) is 0 Å². The summed E-state index contributed by atoms with van der Waals surface area (Å²) in [7, 11) is 1.93. The van der Waals surface area contributed by atoms with Crippen LogP contribution in [-0.2, 0) is 18.4 Å². The molecule has 0 radical (unpaired) electrons. The van der Waals surface area contributed by atoms with Gasteiger partial charge in [0.05, 0.1) is 24.4 Å². The second-order valence-electron chi connectivity index (χ2n) is 6.59. The summed E-state index contributed by atoms with van der Waals surface area (Å²) >= 11 is 0. The molecule has 0 unspecified atom stereocenters. The van der Waals surface area contributed by atoms with Crippen LogP contribution in [0.25, 0.3) is 0 Å². The summed E-state index contributed by atoms with van der Waals surface area (Å²) < 4.78 is 7.82. The highest BCUT2D eigenvalue weighted by Gasteiger charge is 2.34. The highest BCUT2D eigenvalue weighted by Crippen LogP contribution is 2.33. The fraction of sp³-hybridized carbons (Fsp3) is 0.286. The lowest BCUT2D eigenvalue weighted by Crippen LogP contribution is -2.53. The van der Waals surface area contributed by atoms with Crippen LogP contribution in [0.5, 0.6) is 0 Å². The first kappa shape index (κ1) is 16.1. The molecular formula is C21H23N3O. The zero-order chi connectivity index (χ0) is 17.1. The fourth-order valence-corrected chi connectivity index (χ4v) is 3.41. The first-order chi connectivity index (χ1) is 12.3. The van der Waals surface area contributed by atoms with Crippen LogP contribution in [-0.4, -0.2) is 33.9 Å². The van der Waals surface area contributed by atoms with Gasteiger partial charge in [-0.25, -0.2) is 0 Å². The van der Waals surface area contributed by atoms with Gasteiger partial charge in [0.25, 0.3) is 0 Å². The van der Waals surface area contributed by atoms with Gasteiger partial charge < -0.3 is 4.74 Å². The van der Waals surface area contributed by atoms with Crippen LogP contribution in [0.2, 0.25) is 0 Å². The van der Waals surface area contributed by atoms with Gasteiger partial charge in [0.2, 0.25) is 0 Å². The molecule has 128 valence electrons. The molecule has 4 rings (SSSR count). The van der Waals surface area contributed by atoms with E-state index in [1.165, 1.54) is 11.1 Å². The molecule has 0 amide bonds. The van der Waals surface area contributed by atoms with Crippen molar-refractivity contribution in [1.29, 1.82) is 0 Å². The summed E-state index contributed by atoms with van der Waals surface area (Å²) in [5.41, 5.74) is 3.65. The Hall–Kier alpha value is -2.43. The predicted molar refractivity (Wildman–Crippen MR) is 98.1 cm³/mol. The normalized spacial score (nSPS) is 15.4. The first-order valence-electron chi connectivity index (χ1n) is 8.73. The highest BCUT2D eigenvalue weighted by atomic mass is 16.5. The Morgan fingerprint density at radius 1 is 0.960 bits per heavy atom. The van der Waals surface area contributed by atoms with Gasteiger partial charge in [-0.3, -0.25) is 9.58 Å². The van der Waals surface area contributed by atoms with Crippen LogP contribution in [0.4, 0.5) is 0 Å². The summed E-state index contributed by atoms with van der Waals surface area (Å²) in [6.07, 6.45) is 2.23. The van der Waals surface area contributed by atoms with E-state index < -0.39 is 0 Å². The standard InChI is InChI=1S/C21H23N3O/c1-23-13-12-19(22-23)16-25-20-14-24(15-20)21(17-8-4-2-5-9-17)18-10-6-3-7-11-18/h2-13,20-21H,14-16H2,1H3. The van der Waals surface area contributed by atoms with Gasteiger partial charge in [-0.05, 0) is 17.2 Å². The Kier molecular flexibility index (Phi) is 4.63. The third kappa shape index (κ3) is 3.65. The molecule has 0 aliphatic carbocycles. The van der Waals surface area contributed by atoms with Crippen molar-refractivity contribution in [2.75, 3.05) is 13.1 Å². The molecular weight excluding hydrogens is 310 g/mol. The molecule has 1 aromatic heterocycles. The molecule has 0 bridgehead atoms. The summed E-state index contributed by atoms with van der Waals surface area (Å²) in [6, 6.07) is 23.7. The Morgan fingerprint density at radius 3 is 2.08 bits per heavy atom. The number of aromatic nitrogens is 2. The maximum atomic E-state index is 6.01. The Balaban J connectivity index is 1.42. The summed E-state index contributed by atoms with van der Waals surface area (Å²) in [5, 5.41) is 4.37. The Bertz CT molecular complexity index is 755. The van der Waals surface area contributed by atoms with Gasteiger partial charge in [0, 0.05) is 26.3 Å². The lowest BCUT2D eigenvalue weighted by atomic mass is 9.94. The molecule has 25 heavy (non-hydrogen) atoms. The van der Waals surface area contributed by atoms with Crippen LogP contribution in [0, 0.1) is 0 Å². The molecule has 3 aromatic rings. The SMILES string of the molecule is Cn1ccc(COC2CN(C(c3ccccc3)c3ccccc3)C2)n1. The van der Waals surface area contributed by atoms with Crippen molar-refractivity contribution in [2.45, 2.75) is 18.8 Å². The van der Waals surface area contributed by atoms with E-state index in [-0.39, 0.29) is 12.1 Å². The minimum Gasteiger partial charge on any atom is -0.369 e. The smallest absolute Gasteiger partial charge is 0.0911 e. The van der Waals surface area contributed by atoms with Crippen LogP contribution in [0.1, 0.15) is 22.9 Å². The first-order valence-corrected chi connectivity index (χ1v) is 8.73. The zero-order valence-electron chi connectivity index (χ0n) is 14.5. The number of hydrogen-bond acceptors (Lipinski definition) is 3. The molecule has 1 aliphatic heterocycles. The number of hydrogen-bond donors (Lipinski definition) is 0. The van der Waals surface area contributed by atoms with Gasteiger partial charge in [-0.1, -0.05) is 60.7 Å². The largest absolute Gasteiger partial charge is 0.369 e. The van der Waals surface area contributed by atoms with Crippen molar-refractivity contribution in [3.05, 3.63) is 89.7 Å². The van der Waals surface area contributed by atoms with Gasteiger partial charge in [0.15, 0.2) is 0 Å². The fourth-order valence-electron chi connectivity index (χ4n) is 3.41. The maximum Gasteiger partial charge on any atom is 0.0911 e. The van der Waals surface area contributed by atoms with Crippen LogP contribution >= 0.6 is 0 Å². The number of nitrogens with zero attached hydrogens (tertiary/aromatic N) is 3. The van der Waals surface area contributed by atoms with Crippen LogP contribution < -0.4 is 0 Å². The van der Waals surface area contributed by atoms with Crippen molar-refractivity contribution in [2.24, 2.45) is 7.05 Å². The summed E-state index contributed by atoms with van der Waals surface area (Å²) in [5.74, 6) is 0. The third-order valence-electron chi connectivity index (χ3n) is 4.71. The van der Waals surface area contributed by atoms with Crippen LogP contribution in [0.3, 0.4) is 0 Å². The number of likely N-dealkylation sites (tertiary alicyclic amines) is 1. The van der Waals surface area contributed by atoms with Gasteiger partial charge >= 0.3 is 0 Å². The van der Waals surface area contributed by atoms with E-state index in [4.69, 9.17) is 4.74 Å². The minimum atomic E-state index is 0.275. The lowest BCUT2D eigenvalue weighted by molar-refractivity contribution is -0.0750. The molecule has 2 aromatic carbocycles. The monoisotopic (exact) mass is 333 g/mol. The van der Waals surface area contributed by atoms with E-state index in [0.717, 1.165) is 18.8 Å². The van der Waals surface area contributed by atoms with Crippen molar-refractivity contribution >= 4 is 0 Å². The molecule has 1 saturated heterocycles. The summed E-state index contributed by atoms with van der Waals surface area (Å²) in [4.78, 5) is 2.48. The molecule has 1 fully saturated rings. The highest BCUT2D eigenvalue weighted by molar-refractivity contribution is 5.32. The van der Waals surface area contributed by atoms with Gasteiger partial charge in [-0.15, -0.1) is 0 Å². The maximum absolute atomic E-state index is 6.01. The molecule has 4 nitrogen and oxygen atoms in total. The molecule has 2 heterocycles. The number of aryl methyl sites for hydroxylation is 1. The van der Waals surface area contributed by atoms with Gasteiger partial charge in [-0.2, -0.15) is 5.10 Å². The lowest BCUT2D eigenvalue weighted by Gasteiger charge is -2.44. The van der Waals surface area contributed by atoms with E-state index in [2.05, 4.69) is 70.7 Å². The summed E-state index contributed by atoms with van der Waals surface area (Å²) in [6.45, 7) is 2.48. The van der Waals surface area contributed by atoms with Crippen molar-refractivity contribution in [3.63, 3.8) is 0 Å². The van der Waals surface area contributed by atoms with Gasteiger partial charge in [0.1, 0.15) is 0 Å². The topological polar surface area (TPSA) is 30.3 Å². The van der Waals surface area contributed by atoms with E-state index in [1.807, 2.05) is 24.0 Å². The average Bonchev–Trinajstić information content (AvgIpc) is 3.03. The zero-order valence-corrected chi connectivity index (χ0v) is 14.5. The second-order valence-corrected chi connectivity index (χ2v) is 6.59. The third-order valence-corrected chi connectivity index (χ3v) is 4.71. The Labute approximate surface area is 148 Å². The number of ether oxygens (including phenoxy) is 1. The quantitative estimate of drug-likeness (QED) is 0.692. The molecule has 0 saturated carbocycles. The van der Waals surface area contributed by atoms with Crippen molar-refractivity contribution in [1.82, 2.24) is 14.7 Å². The van der Waals surface area contributed by atoms with E-state index >= 15 is 0 Å². The van der Waals surface area contributed by atoms with E-state index in [0.29, 0.717) is 6.61 Å². The van der Waals surface area contributed by atoms with E-state index in [9.17, 15) is 0 Å². The molecule has 0 spiro atoms. The average molecular weight is 333 g/mol. The molecule has 1 aliphatic rings. The molecule has 4 heteroatoms. The Morgan fingerprint density at radius 2 is 1.56 bits per heavy atom. The molecule has 0 atom stereocenters. The predicted octanol–water partition coefficient (Wildman–Crippen LogP) is 3.41. The molecule has 0 N–H and O–H groups in total. The second kappa shape index (κ2) is 7.21.